The molecule has 0 atom stereocenters. The summed E-state index contributed by atoms with van der Waals surface area (Å²) in [6.45, 7) is 0. The topological polar surface area (TPSA) is 28.7 Å². The molecule has 0 aliphatic rings. The predicted octanol–water partition coefficient (Wildman–Crippen LogP) is -1.63. The first-order chi connectivity index (χ1) is 4.47. The van der Waals surface area contributed by atoms with Gasteiger partial charge in [-0.15, -0.1) is 29.7 Å². The molecule has 0 bridgehead atoms. The van der Waals surface area contributed by atoms with E-state index in [1.165, 1.54) is 0 Å². The zero-order valence-electron chi connectivity index (χ0n) is 5.76. The maximum atomic E-state index is 3.85. The summed E-state index contributed by atoms with van der Waals surface area (Å²) < 4.78 is 0. The summed E-state index contributed by atoms with van der Waals surface area (Å²) in [6.07, 6.45) is 1.76. The van der Waals surface area contributed by atoms with Crippen molar-refractivity contribution in [1.82, 2.24) is 10.2 Å². The van der Waals surface area contributed by atoms with Gasteiger partial charge < -0.3 is 5.10 Å². The first-order valence-corrected chi connectivity index (χ1v) is 2.76. The largest absolute Gasteiger partial charge is 1.00 e. The fourth-order valence-corrected chi connectivity index (χ4v) is 0.820. The molecule has 0 radical (unpaired) electrons. The van der Waals surface area contributed by atoms with E-state index >= 15 is 0 Å². The number of aromatic amines is 1. The van der Waals surface area contributed by atoms with Gasteiger partial charge in [0.05, 0.1) is 0 Å². The maximum absolute atomic E-state index is 3.85. The van der Waals surface area contributed by atoms with Crippen LogP contribution in [0.3, 0.4) is 0 Å². The Morgan fingerprint density at radius 3 is 3.20 bits per heavy atom. The van der Waals surface area contributed by atoms with Crippen molar-refractivity contribution in [2.75, 3.05) is 0 Å². The Balaban J connectivity index is 0.000000500. The van der Waals surface area contributed by atoms with Crippen LogP contribution < -0.4 is 51.4 Å². The summed E-state index contributed by atoms with van der Waals surface area (Å²) in [7, 11) is 0. The molecule has 0 unspecified atom stereocenters. The summed E-state index contributed by atoms with van der Waals surface area (Å²) >= 11 is 0. The van der Waals surface area contributed by atoms with Crippen molar-refractivity contribution in [2.45, 2.75) is 0 Å². The molecule has 2 aromatic rings. The molecule has 10 heavy (non-hydrogen) atoms. The molecular weight excluding hydrogens is 151 g/mol. The second-order valence-corrected chi connectivity index (χ2v) is 1.87. The minimum Gasteiger partial charge on any atom is -0.328 e. The van der Waals surface area contributed by atoms with E-state index in [1.807, 2.05) is 18.2 Å². The third-order valence-corrected chi connectivity index (χ3v) is 1.27. The van der Waals surface area contributed by atoms with Crippen LogP contribution in [-0.4, -0.2) is 10.2 Å². The van der Waals surface area contributed by atoms with Crippen LogP contribution in [0.1, 0.15) is 0 Å². The van der Waals surface area contributed by atoms with Gasteiger partial charge in [-0.25, -0.2) is 5.10 Å². The van der Waals surface area contributed by atoms with Crippen molar-refractivity contribution >= 4 is 10.9 Å². The standard InChI is InChI=1S/C7H5N2.K/c1-2-4-7-6(3-1)5-8-9-7;/h1-2,4-5H,(H,8,9);/q-1;+1. The van der Waals surface area contributed by atoms with Crippen LogP contribution >= 0.6 is 0 Å². The molecule has 44 valence electrons. The monoisotopic (exact) mass is 156 g/mol. The molecule has 0 fully saturated rings. The average Bonchev–Trinajstić information content (AvgIpc) is 2.33. The zero-order valence-corrected chi connectivity index (χ0v) is 8.88. The molecule has 0 amide bonds. The van der Waals surface area contributed by atoms with Crippen LogP contribution in [0.5, 0.6) is 0 Å². The van der Waals surface area contributed by atoms with Crippen LogP contribution in [0.4, 0.5) is 0 Å². The Labute approximate surface area is 101 Å². The molecule has 1 heterocycles. The molecule has 0 saturated heterocycles. The first kappa shape index (κ1) is 8.42. The number of hydrogen-bond acceptors (Lipinski definition) is 1. The fourth-order valence-electron chi connectivity index (χ4n) is 0.820. The molecule has 0 aliphatic carbocycles. The van der Waals surface area contributed by atoms with Crippen molar-refractivity contribution in [3.8, 4) is 0 Å². The normalized spacial score (nSPS) is 9.20. The summed E-state index contributed by atoms with van der Waals surface area (Å²) in [5.74, 6) is 0. The first-order valence-electron chi connectivity index (χ1n) is 2.76. The van der Waals surface area contributed by atoms with Gasteiger partial charge in [0.1, 0.15) is 0 Å². The molecule has 0 saturated carbocycles. The van der Waals surface area contributed by atoms with Gasteiger partial charge in [-0.05, 0) is 11.7 Å². The number of benzene rings is 1. The number of rotatable bonds is 0. The number of nitrogens with zero attached hydrogens (tertiary/aromatic N) is 1. The van der Waals surface area contributed by atoms with E-state index in [1.54, 1.807) is 6.20 Å². The Morgan fingerprint density at radius 2 is 2.40 bits per heavy atom. The van der Waals surface area contributed by atoms with E-state index in [-0.39, 0.29) is 51.4 Å². The van der Waals surface area contributed by atoms with Crippen molar-refractivity contribution in [3.63, 3.8) is 0 Å². The van der Waals surface area contributed by atoms with E-state index in [4.69, 9.17) is 0 Å². The minimum atomic E-state index is 0. The second-order valence-electron chi connectivity index (χ2n) is 1.87. The number of aromatic nitrogens is 2. The van der Waals surface area contributed by atoms with Gasteiger partial charge in [-0.2, -0.15) is 0 Å². The average molecular weight is 156 g/mol. The second kappa shape index (κ2) is 3.64. The molecule has 1 aromatic heterocycles. The molecule has 2 nitrogen and oxygen atoms in total. The summed E-state index contributed by atoms with van der Waals surface area (Å²) in [5.41, 5.74) is 1.04. The number of fused-ring (bicyclic) bond motifs is 1. The smallest absolute Gasteiger partial charge is 0.328 e. The molecule has 1 N–H and O–H groups in total. The van der Waals surface area contributed by atoms with Crippen LogP contribution in [0.2, 0.25) is 0 Å². The maximum Gasteiger partial charge on any atom is 1.00 e. The molecule has 0 aliphatic heterocycles. The summed E-state index contributed by atoms with van der Waals surface area (Å²) in [5, 5.41) is 7.72. The third kappa shape index (κ3) is 1.49. The predicted molar refractivity (Wildman–Crippen MR) is 34.9 cm³/mol. The number of H-pyrrole nitrogens is 1. The number of nitrogens with one attached hydrogen (secondary N) is 1. The van der Waals surface area contributed by atoms with Gasteiger partial charge in [0, 0.05) is 0 Å². The quantitative estimate of drug-likeness (QED) is 0.360. The third-order valence-electron chi connectivity index (χ3n) is 1.27. The van der Waals surface area contributed by atoms with Crippen molar-refractivity contribution in [3.05, 3.63) is 30.5 Å². The van der Waals surface area contributed by atoms with Crippen LogP contribution in [-0.2, 0) is 0 Å². The van der Waals surface area contributed by atoms with E-state index in [9.17, 15) is 0 Å². The Bertz CT molecular complexity index is 286. The van der Waals surface area contributed by atoms with Gasteiger partial charge in [-0.3, -0.25) is 0 Å². The van der Waals surface area contributed by atoms with E-state index in [2.05, 4.69) is 16.3 Å². The van der Waals surface area contributed by atoms with Gasteiger partial charge >= 0.3 is 51.4 Å². The number of hydrogen-bond donors (Lipinski definition) is 1. The van der Waals surface area contributed by atoms with Crippen molar-refractivity contribution < 1.29 is 51.4 Å². The molecule has 3 heteroatoms. The fraction of sp³-hybridized carbons (Fsp3) is 0. The molecule has 1 aromatic carbocycles. The van der Waals surface area contributed by atoms with Crippen LogP contribution in [0.25, 0.3) is 10.9 Å². The SMILES string of the molecule is [K+].[c-]1cccc2[nH]ncc12. The van der Waals surface area contributed by atoms with Gasteiger partial charge in [0.2, 0.25) is 0 Å². The molecular formula is C7H5KN2. The Morgan fingerprint density at radius 1 is 1.50 bits per heavy atom. The van der Waals surface area contributed by atoms with E-state index in [0.717, 1.165) is 10.9 Å². The molecule has 0 spiro atoms. The van der Waals surface area contributed by atoms with Gasteiger partial charge in [-0.1, -0.05) is 0 Å². The Hall–Kier alpha value is 0.326. The zero-order chi connectivity index (χ0) is 6.10. The van der Waals surface area contributed by atoms with E-state index in [0.29, 0.717) is 0 Å². The van der Waals surface area contributed by atoms with Crippen molar-refractivity contribution in [2.24, 2.45) is 0 Å². The summed E-state index contributed by atoms with van der Waals surface area (Å²) in [6, 6.07) is 8.81. The molecule has 2 rings (SSSR count). The van der Waals surface area contributed by atoms with Crippen molar-refractivity contribution in [1.29, 1.82) is 0 Å². The van der Waals surface area contributed by atoms with Crippen LogP contribution in [0.15, 0.2) is 24.4 Å². The van der Waals surface area contributed by atoms with Gasteiger partial charge in [0.15, 0.2) is 0 Å². The van der Waals surface area contributed by atoms with Crippen LogP contribution in [0, 0.1) is 6.07 Å². The summed E-state index contributed by atoms with van der Waals surface area (Å²) in [4.78, 5) is 0. The van der Waals surface area contributed by atoms with Gasteiger partial charge in [0.25, 0.3) is 0 Å². The van der Waals surface area contributed by atoms with E-state index < -0.39 is 0 Å². The Kier molecular flexibility index (Phi) is 3.07. The minimum absolute atomic E-state index is 0.